The summed E-state index contributed by atoms with van der Waals surface area (Å²) in [6, 6.07) is 5.24. The van der Waals surface area contributed by atoms with E-state index in [9.17, 15) is 8.42 Å². The molecule has 0 spiro atoms. The second kappa shape index (κ2) is 7.64. The van der Waals surface area contributed by atoms with Crippen LogP contribution in [0.25, 0.3) is 0 Å². The number of rotatable bonds is 4. The molecule has 1 fully saturated rings. The average Bonchev–Trinajstić information content (AvgIpc) is 2.47. The third-order valence-electron chi connectivity index (χ3n) is 4.11. The summed E-state index contributed by atoms with van der Waals surface area (Å²) in [5.74, 6) is 0. The van der Waals surface area contributed by atoms with Gasteiger partial charge in [0.1, 0.15) is 0 Å². The SMILES string of the molecule is Cc1ccc(S(=O)(=O)N2CCCCC2CN)cc1N(C)C.Cl. The van der Waals surface area contributed by atoms with Crippen LogP contribution >= 0.6 is 12.4 Å². The molecule has 0 radical (unpaired) electrons. The topological polar surface area (TPSA) is 66.6 Å². The van der Waals surface area contributed by atoms with Crippen LogP contribution in [0.1, 0.15) is 24.8 Å². The molecule has 1 aromatic carbocycles. The number of benzene rings is 1. The van der Waals surface area contributed by atoms with Crippen LogP contribution in [0.5, 0.6) is 0 Å². The molecule has 0 aliphatic carbocycles. The molecule has 1 saturated heterocycles. The van der Waals surface area contributed by atoms with Crippen molar-refractivity contribution in [3.63, 3.8) is 0 Å². The molecule has 126 valence electrons. The third-order valence-corrected chi connectivity index (χ3v) is 6.06. The van der Waals surface area contributed by atoms with E-state index in [-0.39, 0.29) is 18.4 Å². The number of halogens is 1. The zero-order chi connectivity index (χ0) is 15.6. The second-order valence-electron chi connectivity index (χ2n) is 5.84. The molecule has 1 aromatic rings. The Kier molecular flexibility index (Phi) is 6.67. The fraction of sp³-hybridized carbons (Fsp3) is 0.600. The largest absolute Gasteiger partial charge is 0.377 e. The lowest BCUT2D eigenvalue weighted by Gasteiger charge is -2.34. The van der Waals surface area contributed by atoms with Crippen molar-refractivity contribution in [3.8, 4) is 0 Å². The Labute approximate surface area is 139 Å². The van der Waals surface area contributed by atoms with Crippen LogP contribution in [0.4, 0.5) is 5.69 Å². The number of hydrogen-bond acceptors (Lipinski definition) is 4. The molecule has 1 aliphatic heterocycles. The van der Waals surface area contributed by atoms with E-state index >= 15 is 0 Å². The zero-order valence-electron chi connectivity index (χ0n) is 13.4. The lowest BCUT2D eigenvalue weighted by atomic mass is 10.1. The number of hydrogen-bond donors (Lipinski definition) is 1. The number of sulfonamides is 1. The number of aryl methyl sites for hydroxylation is 1. The molecule has 7 heteroatoms. The van der Waals surface area contributed by atoms with Gasteiger partial charge in [0, 0.05) is 38.9 Å². The Morgan fingerprint density at radius 3 is 2.59 bits per heavy atom. The summed E-state index contributed by atoms with van der Waals surface area (Å²) in [6.45, 7) is 2.93. The molecule has 0 amide bonds. The maximum absolute atomic E-state index is 12.9. The van der Waals surface area contributed by atoms with Crippen molar-refractivity contribution < 1.29 is 8.42 Å². The second-order valence-corrected chi connectivity index (χ2v) is 7.73. The van der Waals surface area contributed by atoms with Gasteiger partial charge >= 0.3 is 0 Å². The molecule has 0 aromatic heterocycles. The molecule has 2 rings (SSSR count). The first-order valence-corrected chi connectivity index (χ1v) is 8.82. The first kappa shape index (κ1) is 19.2. The molecule has 2 N–H and O–H groups in total. The predicted molar refractivity (Wildman–Crippen MR) is 93.3 cm³/mol. The van der Waals surface area contributed by atoms with Gasteiger partial charge in [-0.05, 0) is 37.5 Å². The average molecular weight is 348 g/mol. The van der Waals surface area contributed by atoms with Crippen LogP contribution in [0.3, 0.4) is 0 Å². The van der Waals surface area contributed by atoms with E-state index in [1.54, 1.807) is 16.4 Å². The molecule has 1 unspecified atom stereocenters. The van der Waals surface area contributed by atoms with Crippen LogP contribution in [0, 0.1) is 6.92 Å². The van der Waals surface area contributed by atoms with E-state index in [1.807, 2.05) is 32.0 Å². The summed E-state index contributed by atoms with van der Waals surface area (Å²) in [5, 5.41) is 0. The van der Waals surface area contributed by atoms with Crippen molar-refractivity contribution in [2.75, 3.05) is 32.1 Å². The van der Waals surface area contributed by atoms with Crippen LogP contribution in [-0.4, -0.2) is 45.9 Å². The third kappa shape index (κ3) is 3.74. The lowest BCUT2D eigenvalue weighted by molar-refractivity contribution is 0.257. The van der Waals surface area contributed by atoms with E-state index < -0.39 is 10.0 Å². The smallest absolute Gasteiger partial charge is 0.243 e. The van der Waals surface area contributed by atoms with Gasteiger partial charge in [0.05, 0.1) is 4.90 Å². The lowest BCUT2D eigenvalue weighted by Crippen LogP contribution is -2.47. The highest BCUT2D eigenvalue weighted by atomic mass is 35.5. The minimum atomic E-state index is -3.47. The molecular weight excluding hydrogens is 322 g/mol. The van der Waals surface area contributed by atoms with Crippen LogP contribution in [0.15, 0.2) is 23.1 Å². The van der Waals surface area contributed by atoms with Crippen molar-refractivity contribution >= 4 is 28.1 Å². The van der Waals surface area contributed by atoms with Gasteiger partial charge < -0.3 is 10.6 Å². The van der Waals surface area contributed by atoms with Crippen LogP contribution in [-0.2, 0) is 10.0 Å². The zero-order valence-corrected chi connectivity index (χ0v) is 15.1. The van der Waals surface area contributed by atoms with E-state index in [1.165, 1.54) is 0 Å². The van der Waals surface area contributed by atoms with Gasteiger partial charge in [-0.25, -0.2) is 8.42 Å². The molecule has 0 saturated carbocycles. The molecule has 5 nitrogen and oxygen atoms in total. The number of piperidine rings is 1. The summed E-state index contributed by atoms with van der Waals surface area (Å²) < 4.78 is 27.4. The molecular formula is C15H26ClN3O2S. The van der Waals surface area contributed by atoms with Gasteiger partial charge in [0.15, 0.2) is 0 Å². The van der Waals surface area contributed by atoms with Gasteiger partial charge in [0.2, 0.25) is 10.0 Å². The van der Waals surface area contributed by atoms with Gasteiger partial charge in [-0.15, -0.1) is 12.4 Å². The first-order valence-electron chi connectivity index (χ1n) is 7.38. The summed E-state index contributed by atoms with van der Waals surface area (Å²) >= 11 is 0. The van der Waals surface area contributed by atoms with E-state index in [0.29, 0.717) is 18.0 Å². The Balaban J connectivity index is 0.00000242. The van der Waals surface area contributed by atoms with Gasteiger partial charge in [0.25, 0.3) is 0 Å². The molecule has 1 atom stereocenters. The predicted octanol–water partition coefficient (Wildman–Crippen LogP) is 1.98. The molecule has 22 heavy (non-hydrogen) atoms. The first-order chi connectivity index (χ1) is 9.87. The van der Waals surface area contributed by atoms with Crippen molar-refractivity contribution in [2.45, 2.75) is 37.1 Å². The van der Waals surface area contributed by atoms with Crippen molar-refractivity contribution in [2.24, 2.45) is 5.73 Å². The highest BCUT2D eigenvalue weighted by Gasteiger charge is 2.32. The minimum Gasteiger partial charge on any atom is -0.377 e. The van der Waals surface area contributed by atoms with Gasteiger partial charge in [-0.1, -0.05) is 12.5 Å². The van der Waals surface area contributed by atoms with E-state index in [2.05, 4.69) is 0 Å². The van der Waals surface area contributed by atoms with E-state index in [4.69, 9.17) is 5.73 Å². The van der Waals surface area contributed by atoms with E-state index in [0.717, 1.165) is 30.5 Å². The Morgan fingerprint density at radius 1 is 1.32 bits per heavy atom. The van der Waals surface area contributed by atoms with Crippen molar-refractivity contribution in [1.82, 2.24) is 4.31 Å². The summed E-state index contributed by atoms with van der Waals surface area (Å²) in [7, 11) is 0.369. The quantitative estimate of drug-likeness (QED) is 0.904. The maximum atomic E-state index is 12.9. The summed E-state index contributed by atoms with van der Waals surface area (Å²) in [5.41, 5.74) is 7.75. The van der Waals surface area contributed by atoms with Crippen molar-refractivity contribution in [3.05, 3.63) is 23.8 Å². The van der Waals surface area contributed by atoms with Gasteiger partial charge in [-0.2, -0.15) is 4.31 Å². The van der Waals surface area contributed by atoms with Crippen LogP contribution < -0.4 is 10.6 Å². The Morgan fingerprint density at radius 2 is 2.00 bits per heavy atom. The maximum Gasteiger partial charge on any atom is 0.243 e. The fourth-order valence-electron chi connectivity index (χ4n) is 2.89. The number of anilines is 1. The molecule has 1 heterocycles. The summed E-state index contributed by atoms with van der Waals surface area (Å²) in [4.78, 5) is 2.29. The standard InChI is InChI=1S/C15H25N3O2S.ClH/c1-12-7-8-14(10-15(12)17(2)3)21(19,20)18-9-5-4-6-13(18)11-16;/h7-8,10,13H,4-6,9,11,16H2,1-3H3;1H. The molecule has 0 bridgehead atoms. The van der Waals surface area contributed by atoms with Gasteiger partial charge in [-0.3, -0.25) is 0 Å². The minimum absolute atomic E-state index is 0. The normalized spacial score (nSPS) is 19.5. The highest BCUT2D eigenvalue weighted by molar-refractivity contribution is 7.89. The Bertz CT molecular complexity index is 605. The summed E-state index contributed by atoms with van der Waals surface area (Å²) in [6.07, 6.45) is 2.80. The monoisotopic (exact) mass is 347 g/mol. The Hall–Kier alpha value is -0.820. The highest BCUT2D eigenvalue weighted by Crippen LogP contribution is 2.28. The fourth-order valence-corrected chi connectivity index (χ4v) is 4.62. The van der Waals surface area contributed by atoms with Crippen LogP contribution in [0.2, 0.25) is 0 Å². The number of nitrogens with zero attached hydrogens (tertiary/aromatic N) is 2. The van der Waals surface area contributed by atoms with Crippen molar-refractivity contribution in [1.29, 1.82) is 0 Å². The molecule has 1 aliphatic rings. The number of nitrogens with two attached hydrogens (primary N) is 1.